The normalized spacial score (nSPS) is 10.5. The van der Waals surface area contributed by atoms with Crippen LogP contribution in [0.5, 0.6) is 5.75 Å². The molecule has 8 nitrogen and oxygen atoms in total. The molecule has 1 amide bonds. The van der Waals surface area contributed by atoms with Gasteiger partial charge in [-0.15, -0.1) is 0 Å². The standard InChI is InChI=1S/C15H12N4O4S/c1-9-12(19(21)22)6-3-7-13(9)23-8-14(20)16-10-4-2-5-11-15(10)18-24-17-11/h2-7H,8H2,1H3,(H,16,20). The van der Waals surface area contributed by atoms with E-state index >= 15 is 0 Å². The molecular weight excluding hydrogens is 332 g/mol. The Morgan fingerprint density at radius 1 is 1.29 bits per heavy atom. The van der Waals surface area contributed by atoms with Crippen molar-refractivity contribution in [2.75, 3.05) is 11.9 Å². The molecule has 0 aliphatic heterocycles. The third-order valence-electron chi connectivity index (χ3n) is 3.37. The van der Waals surface area contributed by atoms with Crippen LogP contribution in [0.1, 0.15) is 5.56 Å². The van der Waals surface area contributed by atoms with E-state index in [-0.39, 0.29) is 18.2 Å². The molecule has 0 bridgehead atoms. The van der Waals surface area contributed by atoms with Crippen LogP contribution in [0.25, 0.3) is 11.0 Å². The number of carbonyl (C=O) groups is 1. The van der Waals surface area contributed by atoms with Crippen molar-refractivity contribution in [3.63, 3.8) is 0 Å². The average Bonchev–Trinajstić information content (AvgIpc) is 3.03. The number of nitro benzene ring substituents is 1. The number of ether oxygens (including phenoxy) is 1. The van der Waals surface area contributed by atoms with Crippen molar-refractivity contribution in [1.82, 2.24) is 8.75 Å². The molecule has 0 spiro atoms. The monoisotopic (exact) mass is 344 g/mol. The van der Waals surface area contributed by atoms with Gasteiger partial charge in [0.1, 0.15) is 16.8 Å². The lowest BCUT2D eigenvalue weighted by Gasteiger charge is -2.09. The second-order valence-corrected chi connectivity index (χ2v) is 5.46. The lowest BCUT2D eigenvalue weighted by Crippen LogP contribution is -2.20. The number of aromatic nitrogens is 2. The summed E-state index contributed by atoms with van der Waals surface area (Å²) in [6, 6.07) is 9.78. The van der Waals surface area contributed by atoms with Gasteiger partial charge >= 0.3 is 0 Å². The van der Waals surface area contributed by atoms with Crippen molar-refractivity contribution in [1.29, 1.82) is 0 Å². The van der Waals surface area contributed by atoms with Crippen molar-refractivity contribution in [3.8, 4) is 5.75 Å². The molecule has 2 aromatic carbocycles. The number of fused-ring (bicyclic) bond motifs is 1. The van der Waals surface area contributed by atoms with E-state index < -0.39 is 4.92 Å². The topological polar surface area (TPSA) is 107 Å². The van der Waals surface area contributed by atoms with E-state index in [0.717, 1.165) is 11.7 Å². The number of anilines is 1. The maximum Gasteiger partial charge on any atom is 0.276 e. The Labute approximate surface area is 140 Å². The zero-order chi connectivity index (χ0) is 17.1. The summed E-state index contributed by atoms with van der Waals surface area (Å²) in [5.74, 6) is -0.0886. The summed E-state index contributed by atoms with van der Waals surface area (Å²) in [6.45, 7) is 1.31. The van der Waals surface area contributed by atoms with Gasteiger partial charge < -0.3 is 10.1 Å². The first-order valence-electron chi connectivity index (χ1n) is 6.94. The highest BCUT2D eigenvalue weighted by atomic mass is 32.1. The summed E-state index contributed by atoms with van der Waals surface area (Å²) in [6.07, 6.45) is 0. The second-order valence-electron chi connectivity index (χ2n) is 4.93. The molecule has 24 heavy (non-hydrogen) atoms. The first-order chi connectivity index (χ1) is 11.6. The Hall–Kier alpha value is -3.07. The molecule has 0 saturated carbocycles. The van der Waals surface area contributed by atoms with Crippen molar-refractivity contribution in [2.45, 2.75) is 6.92 Å². The average molecular weight is 344 g/mol. The highest BCUT2D eigenvalue weighted by Gasteiger charge is 2.15. The van der Waals surface area contributed by atoms with Gasteiger partial charge in [-0.3, -0.25) is 14.9 Å². The summed E-state index contributed by atoms with van der Waals surface area (Å²) in [4.78, 5) is 22.5. The molecule has 1 aromatic heterocycles. The largest absolute Gasteiger partial charge is 0.483 e. The Balaban J connectivity index is 1.69. The Kier molecular flexibility index (Phi) is 4.34. The van der Waals surface area contributed by atoms with Gasteiger partial charge in [0.25, 0.3) is 11.6 Å². The van der Waals surface area contributed by atoms with E-state index in [1.807, 2.05) is 0 Å². The van der Waals surface area contributed by atoms with E-state index in [1.54, 1.807) is 31.2 Å². The van der Waals surface area contributed by atoms with Crippen LogP contribution in [0.3, 0.4) is 0 Å². The number of nitrogens with one attached hydrogen (secondary N) is 1. The van der Waals surface area contributed by atoms with Gasteiger partial charge in [-0.2, -0.15) is 8.75 Å². The van der Waals surface area contributed by atoms with Crippen LogP contribution in [0, 0.1) is 17.0 Å². The molecule has 0 unspecified atom stereocenters. The Morgan fingerprint density at radius 3 is 2.88 bits per heavy atom. The summed E-state index contributed by atoms with van der Waals surface area (Å²) in [7, 11) is 0. The number of amides is 1. The highest BCUT2D eigenvalue weighted by molar-refractivity contribution is 7.00. The van der Waals surface area contributed by atoms with Gasteiger partial charge in [-0.05, 0) is 25.1 Å². The number of hydrogen-bond acceptors (Lipinski definition) is 7. The zero-order valence-corrected chi connectivity index (χ0v) is 13.4. The number of nitrogens with zero attached hydrogens (tertiary/aromatic N) is 3. The number of hydrogen-bond donors (Lipinski definition) is 1. The van der Waals surface area contributed by atoms with Gasteiger partial charge in [0.2, 0.25) is 0 Å². The number of carbonyl (C=O) groups excluding carboxylic acids is 1. The SMILES string of the molecule is Cc1c(OCC(=O)Nc2cccc3nsnc23)cccc1[N+](=O)[O-]. The molecule has 0 aliphatic rings. The minimum atomic E-state index is -0.488. The van der Waals surface area contributed by atoms with E-state index in [4.69, 9.17) is 4.74 Å². The van der Waals surface area contributed by atoms with Crippen LogP contribution in [-0.4, -0.2) is 26.2 Å². The molecule has 3 rings (SSSR count). The van der Waals surface area contributed by atoms with Gasteiger partial charge in [-0.1, -0.05) is 12.1 Å². The maximum absolute atomic E-state index is 12.1. The predicted molar refractivity (Wildman–Crippen MR) is 89.4 cm³/mol. The predicted octanol–water partition coefficient (Wildman–Crippen LogP) is 2.93. The molecule has 1 N–H and O–H groups in total. The van der Waals surface area contributed by atoms with E-state index in [0.29, 0.717) is 28.0 Å². The summed E-state index contributed by atoms with van der Waals surface area (Å²) in [5, 5.41) is 13.6. The number of nitro groups is 1. The summed E-state index contributed by atoms with van der Waals surface area (Å²) in [5.41, 5.74) is 2.19. The summed E-state index contributed by atoms with van der Waals surface area (Å²) >= 11 is 1.06. The van der Waals surface area contributed by atoms with Gasteiger partial charge in [0.15, 0.2) is 6.61 Å². The molecule has 0 fully saturated rings. The van der Waals surface area contributed by atoms with E-state index in [2.05, 4.69) is 14.1 Å². The molecular formula is C15H12N4O4S. The molecule has 1 heterocycles. The third-order valence-corrected chi connectivity index (χ3v) is 3.91. The lowest BCUT2D eigenvalue weighted by molar-refractivity contribution is -0.385. The zero-order valence-electron chi connectivity index (χ0n) is 12.6. The van der Waals surface area contributed by atoms with Crippen LogP contribution in [-0.2, 0) is 4.79 Å². The first-order valence-corrected chi connectivity index (χ1v) is 7.67. The van der Waals surface area contributed by atoms with Gasteiger partial charge in [0.05, 0.1) is 27.9 Å². The van der Waals surface area contributed by atoms with Crippen molar-refractivity contribution in [3.05, 3.63) is 52.1 Å². The summed E-state index contributed by atoms with van der Waals surface area (Å²) < 4.78 is 13.6. The van der Waals surface area contributed by atoms with Crippen LogP contribution >= 0.6 is 11.7 Å². The minimum absolute atomic E-state index is 0.0498. The van der Waals surface area contributed by atoms with Gasteiger partial charge in [0, 0.05) is 6.07 Å². The van der Waals surface area contributed by atoms with Crippen molar-refractivity contribution >= 4 is 40.0 Å². The van der Waals surface area contributed by atoms with E-state index in [9.17, 15) is 14.9 Å². The molecule has 0 atom stereocenters. The molecule has 3 aromatic rings. The fraction of sp³-hybridized carbons (Fsp3) is 0.133. The number of benzene rings is 2. The van der Waals surface area contributed by atoms with E-state index in [1.165, 1.54) is 12.1 Å². The quantitative estimate of drug-likeness (QED) is 0.563. The van der Waals surface area contributed by atoms with Crippen LogP contribution in [0.4, 0.5) is 11.4 Å². The van der Waals surface area contributed by atoms with Crippen LogP contribution in [0.15, 0.2) is 36.4 Å². The minimum Gasteiger partial charge on any atom is -0.483 e. The fourth-order valence-electron chi connectivity index (χ4n) is 2.19. The lowest BCUT2D eigenvalue weighted by atomic mass is 10.2. The van der Waals surface area contributed by atoms with Crippen LogP contribution < -0.4 is 10.1 Å². The molecule has 122 valence electrons. The van der Waals surface area contributed by atoms with Crippen LogP contribution in [0.2, 0.25) is 0 Å². The molecule has 0 saturated heterocycles. The van der Waals surface area contributed by atoms with Gasteiger partial charge in [-0.25, -0.2) is 0 Å². The Bertz CT molecular complexity index is 925. The van der Waals surface area contributed by atoms with Crippen molar-refractivity contribution < 1.29 is 14.5 Å². The fourth-order valence-corrected chi connectivity index (χ4v) is 2.74. The molecule has 0 aliphatic carbocycles. The Morgan fingerprint density at radius 2 is 2.08 bits per heavy atom. The first kappa shape index (κ1) is 15.8. The van der Waals surface area contributed by atoms with Crippen molar-refractivity contribution in [2.24, 2.45) is 0 Å². The molecule has 9 heteroatoms. The molecule has 0 radical (unpaired) electrons. The maximum atomic E-state index is 12.1. The smallest absolute Gasteiger partial charge is 0.276 e. The highest BCUT2D eigenvalue weighted by Crippen LogP contribution is 2.27. The third kappa shape index (κ3) is 3.15. The number of rotatable bonds is 5. The second kappa shape index (κ2) is 6.59.